The molecule has 0 radical (unpaired) electrons. The molecular formula is C71H124N2O7P+. The Balaban J connectivity index is 5.11. The third kappa shape index (κ3) is 60.8. The van der Waals surface area contributed by atoms with Crippen molar-refractivity contribution in [2.75, 3.05) is 40.9 Å². The molecule has 0 aliphatic carbocycles. The number of quaternary nitrogens is 1. The van der Waals surface area contributed by atoms with E-state index in [2.05, 4.69) is 74.7 Å². The Labute approximate surface area is 499 Å². The zero-order valence-electron chi connectivity index (χ0n) is 53.0. The number of carbonyl (C=O) groups excluding carboxylic acids is 2. The van der Waals surface area contributed by atoms with E-state index in [1.54, 1.807) is 0 Å². The summed E-state index contributed by atoms with van der Waals surface area (Å²) in [7, 11) is 1.45. The lowest BCUT2D eigenvalue weighted by molar-refractivity contribution is -0.870. The van der Waals surface area contributed by atoms with Crippen LogP contribution in [0.2, 0.25) is 0 Å². The van der Waals surface area contributed by atoms with Crippen molar-refractivity contribution in [3.05, 3.63) is 122 Å². The molecule has 464 valence electrons. The van der Waals surface area contributed by atoms with Crippen LogP contribution in [0.15, 0.2) is 122 Å². The monoisotopic (exact) mass is 1150 g/mol. The maximum absolute atomic E-state index is 13.5. The fourth-order valence-corrected chi connectivity index (χ4v) is 9.71. The van der Waals surface area contributed by atoms with Crippen LogP contribution in [0.1, 0.15) is 265 Å². The van der Waals surface area contributed by atoms with Crippen molar-refractivity contribution in [1.82, 2.24) is 5.32 Å². The SMILES string of the molecule is CC\C=C/C=C/C=C/C=C\C=C\C=C\CCCCCC(=O)NC(COP(=O)(O)OCC[N+](C)(C)C)C(/C=C\CCCCCCCCCCC)OC(=O)CCCCCCCCCCCCCCCC/C=C\C/C=C\C/C=C\CCCCC. The third-order valence-electron chi connectivity index (χ3n) is 14.0. The number of amides is 1. The highest BCUT2D eigenvalue weighted by Crippen LogP contribution is 2.43. The summed E-state index contributed by atoms with van der Waals surface area (Å²) in [6, 6.07) is -0.879. The molecule has 2 N–H and O–H groups in total. The zero-order valence-corrected chi connectivity index (χ0v) is 53.9. The first-order chi connectivity index (χ1) is 39.4. The number of allylic oxidation sites excluding steroid dienone is 19. The minimum atomic E-state index is -4.47. The van der Waals surface area contributed by atoms with Gasteiger partial charge in [-0.2, -0.15) is 0 Å². The molecule has 0 aliphatic heterocycles. The molecule has 0 aliphatic rings. The van der Waals surface area contributed by atoms with Gasteiger partial charge in [-0.15, -0.1) is 0 Å². The van der Waals surface area contributed by atoms with Crippen molar-refractivity contribution < 1.29 is 37.3 Å². The average molecular weight is 1150 g/mol. The number of rotatable bonds is 58. The van der Waals surface area contributed by atoms with Crippen LogP contribution in [-0.4, -0.2) is 74.3 Å². The first kappa shape index (κ1) is 77.4. The molecule has 9 nitrogen and oxygen atoms in total. The summed E-state index contributed by atoms with van der Waals surface area (Å²) in [6.07, 6.45) is 83.6. The standard InChI is InChI=1S/C71H123N2O7P/c1-7-10-13-16-19-22-25-27-29-31-32-33-34-35-36-37-38-39-40-42-44-46-49-52-55-58-61-64-71(75)80-69(62-59-56-53-50-47-24-21-18-15-12-9-3)68(67-79-81(76,77)78-66-65-73(4,5)6)72-70(74)63-60-57-54-51-48-45-43-41-30-28-26-23-20-17-14-11-8-2/h11,14,17,19-20,22-23,26-30,32-33,41,43,45,48,59,62,68-69H,7-10,12-13,15-16,18,21,24-25,31,34-40,42,44,46-47,49-58,60-61,63-67H2,1-6H3,(H-,72,74,76,77)/p+1/b14-11-,20-17+,22-19-,26-23+,29-27-,30-28-,33-32-,43-41+,48-45+,62-59-. The summed E-state index contributed by atoms with van der Waals surface area (Å²) in [6.45, 7) is 6.79. The summed E-state index contributed by atoms with van der Waals surface area (Å²) in [5, 5.41) is 3.03. The Hall–Kier alpha value is -3.59. The van der Waals surface area contributed by atoms with Crippen molar-refractivity contribution in [2.45, 2.75) is 277 Å². The van der Waals surface area contributed by atoms with E-state index in [1.807, 2.05) is 94.1 Å². The zero-order chi connectivity index (χ0) is 59.3. The van der Waals surface area contributed by atoms with Gasteiger partial charge < -0.3 is 19.4 Å². The molecule has 3 atom stereocenters. The number of nitrogens with one attached hydrogen (secondary N) is 1. The largest absolute Gasteiger partial charge is 0.472 e. The average Bonchev–Trinajstić information content (AvgIpc) is 3.44. The Kier molecular flexibility index (Phi) is 56.9. The van der Waals surface area contributed by atoms with Crippen LogP contribution in [-0.2, 0) is 27.9 Å². The number of likely N-dealkylation sites (N-methyl/N-ethyl adjacent to an activating group) is 1. The van der Waals surface area contributed by atoms with Gasteiger partial charge in [-0.25, -0.2) is 4.57 Å². The summed E-state index contributed by atoms with van der Waals surface area (Å²) in [5.41, 5.74) is 0. The van der Waals surface area contributed by atoms with Gasteiger partial charge in [0, 0.05) is 12.8 Å². The molecule has 0 heterocycles. The number of phosphoric acid groups is 1. The lowest BCUT2D eigenvalue weighted by Gasteiger charge is -2.27. The van der Waals surface area contributed by atoms with E-state index in [9.17, 15) is 19.0 Å². The van der Waals surface area contributed by atoms with Crippen LogP contribution >= 0.6 is 7.82 Å². The number of hydrogen-bond acceptors (Lipinski definition) is 6. The number of hydrogen-bond donors (Lipinski definition) is 2. The van der Waals surface area contributed by atoms with Crippen LogP contribution in [0, 0.1) is 0 Å². The quantitative estimate of drug-likeness (QED) is 0.0156. The van der Waals surface area contributed by atoms with Gasteiger partial charge >= 0.3 is 13.8 Å². The first-order valence-corrected chi connectivity index (χ1v) is 34.4. The van der Waals surface area contributed by atoms with Gasteiger partial charge in [-0.05, 0) is 89.5 Å². The number of ether oxygens (including phenoxy) is 1. The van der Waals surface area contributed by atoms with Crippen molar-refractivity contribution >= 4 is 19.7 Å². The van der Waals surface area contributed by atoms with Crippen LogP contribution in [0.4, 0.5) is 0 Å². The Morgan fingerprint density at radius 1 is 0.457 bits per heavy atom. The maximum Gasteiger partial charge on any atom is 0.472 e. The lowest BCUT2D eigenvalue weighted by atomic mass is 10.0. The molecule has 81 heavy (non-hydrogen) atoms. The van der Waals surface area contributed by atoms with Crippen LogP contribution in [0.5, 0.6) is 0 Å². The lowest BCUT2D eigenvalue weighted by Crippen LogP contribution is -2.47. The molecule has 0 saturated heterocycles. The summed E-state index contributed by atoms with van der Waals surface area (Å²) < 4.78 is 30.7. The number of esters is 1. The van der Waals surface area contributed by atoms with Crippen LogP contribution in [0.3, 0.4) is 0 Å². The van der Waals surface area contributed by atoms with E-state index in [0.29, 0.717) is 17.4 Å². The van der Waals surface area contributed by atoms with E-state index in [-0.39, 0.29) is 37.9 Å². The highest BCUT2D eigenvalue weighted by Gasteiger charge is 2.30. The summed E-state index contributed by atoms with van der Waals surface area (Å²) in [5.74, 6) is -0.561. The van der Waals surface area contributed by atoms with E-state index >= 15 is 0 Å². The van der Waals surface area contributed by atoms with Gasteiger partial charge in [0.1, 0.15) is 19.3 Å². The van der Waals surface area contributed by atoms with Crippen molar-refractivity contribution in [3.8, 4) is 0 Å². The summed E-state index contributed by atoms with van der Waals surface area (Å²) >= 11 is 0. The van der Waals surface area contributed by atoms with E-state index in [4.69, 9.17) is 13.8 Å². The predicted molar refractivity (Wildman–Crippen MR) is 350 cm³/mol. The van der Waals surface area contributed by atoms with Gasteiger partial charge in [-0.3, -0.25) is 18.6 Å². The molecule has 0 spiro atoms. The number of unbranched alkanes of at least 4 members (excludes halogenated alkanes) is 29. The predicted octanol–water partition coefficient (Wildman–Crippen LogP) is 20.7. The molecule has 10 heteroatoms. The molecule has 1 amide bonds. The van der Waals surface area contributed by atoms with Gasteiger partial charge in [0.25, 0.3) is 0 Å². The molecule has 0 aromatic heterocycles. The minimum absolute atomic E-state index is 0.0250. The molecule has 0 rings (SSSR count). The van der Waals surface area contributed by atoms with Gasteiger partial charge in [0.15, 0.2) is 0 Å². The molecular weight excluding hydrogens is 1020 g/mol. The number of nitrogens with zero attached hydrogens (tertiary/aromatic N) is 1. The Bertz CT molecular complexity index is 1800. The molecule has 0 aromatic rings. The highest BCUT2D eigenvalue weighted by atomic mass is 31.2. The van der Waals surface area contributed by atoms with Crippen LogP contribution < -0.4 is 5.32 Å². The topological polar surface area (TPSA) is 111 Å². The first-order valence-electron chi connectivity index (χ1n) is 32.9. The van der Waals surface area contributed by atoms with E-state index < -0.39 is 20.0 Å². The van der Waals surface area contributed by atoms with Gasteiger partial charge in [-0.1, -0.05) is 284 Å². The highest BCUT2D eigenvalue weighted by molar-refractivity contribution is 7.47. The van der Waals surface area contributed by atoms with Gasteiger partial charge in [0.2, 0.25) is 5.91 Å². The Morgan fingerprint density at radius 3 is 1.33 bits per heavy atom. The molecule has 0 bridgehead atoms. The van der Waals surface area contributed by atoms with Crippen molar-refractivity contribution in [1.29, 1.82) is 0 Å². The Morgan fingerprint density at radius 2 is 0.840 bits per heavy atom. The van der Waals surface area contributed by atoms with Gasteiger partial charge in [0.05, 0.1) is 33.8 Å². The second kappa shape index (κ2) is 59.6. The minimum Gasteiger partial charge on any atom is -0.456 e. The fraction of sp³-hybridized carbons (Fsp3) is 0.690. The van der Waals surface area contributed by atoms with Crippen LogP contribution in [0.25, 0.3) is 0 Å². The van der Waals surface area contributed by atoms with E-state index in [1.165, 1.54) is 148 Å². The second-order valence-electron chi connectivity index (χ2n) is 23.1. The molecule has 0 aromatic carbocycles. The normalized spacial score (nSPS) is 14.4. The summed E-state index contributed by atoms with van der Waals surface area (Å²) in [4.78, 5) is 37.7. The van der Waals surface area contributed by atoms with Crippen molar-refractivity contribution in [3.63, 3.8) is 0 Å². The smallest absolute Gasteiger partial charge is 0.456 e. The molecule has 0 saturated carbocycles. The number of carbonyl (C=O) groups is 2. The third-order valence-corrected chi connectivity index (χ3v) is 15.0. The maximum atomic E-state index is 13.5. The fourth-order valence-electron chi connectivity index (χ4n) is 8.98. The van der Waals surface area contributed by atoms with Crippen molar-refractivity contribution in [2.24, 2.45) is 0 Å². The molecule has 0 fully saturated rings. The molecule has 3 unspecified atom stereocenters. The van der Waals surface area contributed by atoms with E-state index in [0.717, 1.165) is 77.0 Å². The number of phosphoric ester groups is 1. The second-order valence-corrected chi connectivity index (χ2v) is 24.5.